The summed E-state index contributed by atoms with van der Waals surface area (Å²) in [5.74, 6) is -0.488. The second kappa shape index (κ2) is 7.55. The minimum absolute atomic E-state index is 0.296. The van der Waals surface area contributed by atoms with Gasteiger partial charge in [-0.25, -0.2) is 4.79 Å². The van der Waals surface area contributed by atoms with Gasteiger partial charge in [0.25, 0.3) is 0 Å². The summed E-state index contributed by atoms with van der Waals surface area (Å²) in [7, 11) is 1.34. The molecule has 2 aliphatic heterocycles. The summed E-state index contributed by atoms with van der Waals surface area (Å²) in [6, 6.07) is 19.0. The number of ether oxygens (including phenoxy) is 5. The molecule has 0 aliphatic carbocycles. The van der Waals surface area contributed by atoms with Crippen LogP contribution in [0.3, 0.4) is 0 Å². The van der Waals surface area contributed by atoms with E-state index in [1.54, 1.807) is 0 Å². The van der Waals surface area contributed by atoms with Crippen molar-refractivity contribution < 1.29 is 28.5 Å². The molecule has 0 amide bonds. The Morgan fingerprint density at radius 3 is 2.12 bits per heavy atom. The molecular formula is C20H20O6. The summed E-state index contributed by atoms with van der Waals surface area (Å²) < 4.78 is 28.7. The maximum atomic E-state index is 12.3. The number of carbonyl (C=O) groups excluding carboxylic acids is 1. The van der Waals surface area contributed by atoms with E-state index in [0.29, 0.717) is 6.61 Å². The highest BCUT2D eigenvalue weighted by atomic mass is 16.8. The first kappa shape index (κ1) is 17.2. The van der Waals surface area contributed by atoms with E-state index in [1.807, 2.05) is 60.7 Å². The summed E-state index contributed by atoms with van der Waals surface area (Å²) in [4.78, 5) is 12.3. The third kappa shape index (κ3) is 3.37. The minimum Gasteiger partial charge on any atom is -0.467 e. The van der Waals surface area contributed by atoms with E-state index in [-0.39, 0.29) is 0 Å². The molecule has 0 N–H and O–H groups in total. The number of fused-ring (bicyclic) bond motifs is 1. The molecule has 0 radical (unpaired) electrons. The van der Waals surface area contributed by atoms with Crippen molar-refractivity contribution in [1.82, 2.24) is 0 Å². The SMILES string of the molecule is COC(=O)[C@@H]1OC(c2ccccc2)O[C@@H]2COC(c3ccccc3)O[C@@H]21. The number of esters is 1. The van der Waals surface area contributed by atoms with E-state index < -0.39 is 36.9 Å². The Hall–Kier alpha value is -2.25. The normalized spacial score (nSPS) is 31.0. The highest BCUT2D eigenvalue weighted by molar-refractivity contribution is 5.75. The van der Waals surface area contributed by atoms with Crippen LogP contribution in [0.1, 0.15) is 23.7 Å². The molecule has 4 rings (SSSR count). The Morgan fingerprint density at radius 1 is 0.885 bits per heavy atom. The van der Waals surface area contributed by atoms with Crippen molar-refractivity contribution in [2.24, 2.45) is 0 Å². The van der Waals surface area contributed by atoms with Crippen LogP contribution in [0, 0.1) is 0 Å². The van der Waals surface area contributed by atoms with Crippen LogP contribution in [-0.2, 0) is 28.5 Å². The maximum Gasteiger partial charge on any atom is 0.337 e. The van der Waals surface area contributed by atoms with Gasteiger partial charge in [0, 0.05) is 11.1 Å². The molecule has 6 nitrogen and oxygen atoms in total. The van der Waals surface area contributed by atoms with Crippen LogP contribution < -0.4 is 0 Å². The first-order valence-electron chi connectivity index (χ1n) is 8.52. The number of benzene rings is 2. The monoisotopic (exact) mass is 356 g/mol. The molecule has 2 aromatic carbocycles. The molecule has 136 valence electrons. The number of carbonyl (C=O) groups is 1. The number of hydrogen-bond acceptors (Lipinski definition) is 6. The van der Waals surface area contributed by atoms with Gasteiger partial charge in [0.15, 0.2) is 18.7 Å². The van der Waals surface area contributed by atoms with Crippen LogP contribution in [0.2, 0.25) is 0 Å². The van der Waals surface area contributed by atoms with Gasteiger partial charge in [0.1, 0.15) is 12.2 Å². The Morgan fingerprint density at radius 2 is 1.50 bits per heavy atom. The first-order valence-corrected chi connectivity index (χ1v) is 8.52. The van der Waals surface area contributed by atoms with Crippen molar-refractivity contribution in [2.75, 3.05) is 13.7 Å². The average Bonchev–Trinajstić information content (AvgIpc) is 2.73. The van der Waals surface area contributed by atoms with E-state index in [2.05, 4.69) is 0 Å². The van der Waals surface area contributed by atoms with Crippen molar-refractivity contribution >= 4 is 5.97 Å². The van der Waals surface area contributed by atoms with E-state index in [1.165, 1.54) is 7.11 Å². The molecule has 6 heteroatoms. The van der Waals surface area contributed by atoms with Gasteiger partial charge in [-0.05, 0) is 0 Å². The van der Waals surface area contributed by atoms with Crippen molar-refractivity contribution in [1.29, 1.82) is 0 Å². The third-order valence-electron chi connectivity index (χ3n) is 4.50. The predicted octanol–water partition coefficient (Wildman–Crippen LogP) is 2.76. The zero-order valence-electron chi connectivity index (χ0n) is 14.3. The number of methoxy groups -OCH3 is 1. The molecule has 2 saturated heterocycles. The first-order chi connectivity index (χ1) is 12.8. The number of hydrogen-bond donors (Lipinski definition) is 0. The van der Waals surface area contributed by atoms with Gasteiger partial charge in [-0.3, -0.25) is 0 Å². The Labute approximate surface area is 151 Å². The maximum absolute atomic E-state index is 12.3. The zero-order valence-corrected chi connectivity index (χ0v) is 14.3. The summed E-state index contributed by atoms with van der Waals surface area (Å²) in [6.07, 6.45) is -3.19. The molecule has 0 spiro atoms. The molecule has 2 aliphatic rings. The quantitative estimate of drug-likeness (QED) is 0.788. The lowest BCUT2D eigenvalue weighted by atomic mass is 10.0. The van der Waals surface area contributed by atoms with Gasteiger partial charge in [-0.15, -0.1) is 0 Å². The van der Waals surface area contributed by atoms with Crippen LogP contribution in [0.4, 0.5) is 0 Å². The lowest BCUT2D eigenvalue weighted by Gasteiger charge is -2.44. The lowest BCUT2D eigenvalue weighted by molar-refractivity contribution is -0.359. The van der Waals surface area contributed by atoms with Gasteiger partial charge in [-0.1, -0.05) is 60.7 Å². The van der Waals surface area contributed by atoms with Gasteiger partial charge < -0.3 is 23.7 Å². The van der Waals surface area contributed by atoms with Crippen LogP contribution in [-0.4, -0.2) is 38.0 Å². The summed E-state index contributed by atoms with van der Waals surface area (Å²) in [5, 5.41) is 0. The van der Waals surface area contributed by atoms with Crippen LogP contribution in [0.5, 0.6) is 0 Å². The second-order valence-electron chi connectivity index (χ2n) is 6.17. The smallest absolute Gasteiger partial charge is 0.337 e. The Bertz CT molecular complexity index is 734. The summed E-state index contributed by atoms with van der Waals surface area (Å²) in [6.45, 7) is 0.296. The molecule has 5 atom stereocenters. The topological polar surface area (TPSA) is 63.2 Å². The fraction of sp³-hybridized carbons (Fsp3) is 0.350. The molecule has 2 aromatic rings. The summed E-state index contributed by atoms with van der Waals surface area (Å²) >= 11 is 0. The second-order valence-corrected chi connectivity index (χ2v) is 6.17. The average molecular weight is 356 g/mol. The highest BCUT2D eigenvalue weighted by Crippen LogP contribution is 2.38. The van der Waals surface area contributed by atoms with Gasteiger partial charge in [-0.2, -0.15) is 0 Å². The fourth-order valence-corrected chi connectivity index (χ4v) is 3.19. The third-order valence-corrected chi connectivity index (χ3v) is 4.50. The lowest BCUT2D eigenvalue weighted by Crippen LogP contribution is -2.57. The standard InChI is InChI=1S/C20H20O6/c1-22-18(21)17-16-15(24-20(26-17)14-10-6-3-7-11-14)12-23-19(25-16)13-8-4-2-5-9-13/h2-11,15-17,19-20H,12H2,1H3/t15-,16+,17-,19?,20?/m1/s1. The van der Waals surface area contributed by atoms with Crippen molar-refractivity contribution in [3.05, 3.63) is 71.8 Å². The van der Waals surface area contributed by atoms with Gasteiger partial charge in [0.05, 0.1) is 13.7 Å². The molecular weight excluding hydrogens is 336 g/mol. The highest BCUT2D eigenvalue weighted by Gasteiger charge is 2.49. The largest absolute Gasteiger partial charge is 0.467 e. The van der Waals surface area contributed by atoms with Gasteiger partial charge in [0.2, 0.25) is 0 Å². The Kier molecular flexibility index (Phi) is 4.99. The van der Waals surface area contributed by atoms with Crippen molar-refractivity contribution in [3.8, 4) is 0 Å². The molecule has 0 bridgehead atoms. The fourth-order valence-electron chi connectivity index (χ4n) is 3.19. The predicted molar refractivity (Wildman–Crippen MR) is 91.0 cm³/mol. The van der Waals surface area contributed by atoms with Crippen molar-refractivity contribution in [3.63, 3.8) is 0 Å². The van der Waals surface area contributed by atoms with E-state index in [9.17, 15) is 4.79 Å². The summed E-state index contributed by atoms with van der Waals surface area (Å²) in [5.41, 5.74) is 1.70. The van der Waals surface area contributed by atoms with E-state index in [4.69, 9.17) is 23.7 Å². The van der Waals surface area contributed by atoms with Crippen LogP contribution in [0.15, 0.2) is 60.7 Å². The zero-order chi connectivity index (χ0) is 17.9. The molecule has 0 aromatic heterocycles. The minimum atomic E-state index is -0.890. The van der Waals surface area contributed by atoms with Crippen LogP contribution >= 0.6 is 0 Å². The number of rotatable bonds is 3. The molecule has 2 heterocycles. The Balaban J connectivity index is 1.57. The molecule has 0 saturated carbocycles. The molecule has 26 heavy (non-hydrogen) atoms. The molecule has 2 fully saturated rings. The van der Waals surface area contributed by atoms with Crippen molar-refractivity contribution in [2.45, 2.75) is 30.9 Å². The van der Waals surface area contributed by atoms with Gasteiger partial charge >= 0.3 is 5.97 Å². The van der Waals surface area contributed by atoms with E-state index in [0.717, 1.165) is 11.1 Å². The molecule has 2 unspecified atom stereocenters. The van der Waals surface area contributed by atoms with E-state index >= 15 is 0 Å². The van der Waals surface area contributed by atoms with Crippen LogP contribution in [0.25, 0.3) is 0 Å².